The zero-order valence-electron chi connectivity index (χ0n) is 12.9. The first-order chi connectivity index (χ1) is 9.04. The molecule has 0 aromatic heterocycles. The van der Waals surface area contributed by atoms with E-state index in [0.29, 0.717) is 18.1 Å². The van der Waals surface area contributed by atoms with E-state index in [1.807, 2.05) is 13.0 Å². The molecule has 19 heavy (non-hydrogen) atoms. The van der Waals surface area contributed by atoms with Gasteiger partial charge in [-0.1, -0.05) is 13.0 Å². The zero-order chi connectivity index (χ0) is 14.0. The maximum Gasteiger partial charge on any atom is 0.249 e. The molecule has 0 aliphatic carbocycles. The molecule has 2 rings (SSSR count). The lowest BCUT2D eigenvalue weighted by atomic mass is 10.1. The minimum absolute atomic E-state index is 0.248. The number of rotatable bonds is 3. The number of nitrogens with zero attached hydrogens (tertiary/aromatic N) is 2. The Kier molecular flexibility index (Phi) is 4.67. The van der Waals surface area contributed by atoms with Crippen molar-refractivity contribution in [3.05, 3.63) is 11.6 Å². The summed E-state index contributed by atoms with van der Waals surface area (Å²) in [7, 11) is 0. The highest BCUT2D eigenvalue weighted by atomic mass is 16.2. The van der Waals surface area contributed by atoms with E-state index >= 15 is 0 Å². The van der Waals surface area contributed by atoms with Crippen LogP contribution in [0.2, 0.25) is 0 Å². The lowest BCUT2D eigenvalue weighted by molar-refractivity contribution is -0.127. The quantitative estimate of drug-likeness (QED) is 0.732. The fourth-order valence-electron chi connectivity index (χ4n) is 3.78. The standard InChI is InChI=1S/C16H28N2O/c1-5-6-13(4)16(19)17-10-9-14-7-8-15(11-17)18(14)12(2)3/h6,12,14-15H,5,7-11H2,1-4H3/b13-6-/t14-,15-/m1/s1. The van der Waals surface area contributed by atoms with Gasteiger partial charge in [0.2, 0.25) is 5.91 Å². The molecule has 0 aromatic carbocycles. The predicted molar refractivity (Wildman–Crippen MR) is 79.0 cm³/mol. The molecule has 0 saturated carbocycles. The first-order valence-electron chi connectivity index (χ1n) is 7.78. The summed E-state index contributed by atoms with van der Waals surface area (Å²) in [5.41, 5.74) is 0.913. The Morgan fingerprint density at radius 2 is 1.95 bits per heavy atom. The zero-order valence-corrected chi connectivity index (χ0v) is 12.9. The molecular weight excluding hydrogens is 236 g/mol. The molecular formula is C16H28N2O. The van der Waals surface area contributed by atoms with E-state index < -0.39 is 0 Å². The van der Waals surface area contributed by atoms with E-state index in [4.69, 9.17) is 0 Å². The number of fused-ring (bicyclic) bond motifs is 2. The first-order valence-corrected chi connectivity index (χ1v) is 7.78. The molecule has 108 valence electrons. The van der Waals surface area contributed by atoms with Crippen LogP contribution in [-0.2, 0) is 4.79 Å². The lowest BCUT2D eigenvalue weighted by Gasteiger charge is -2.32. The minimum atomic E-state index is 0.248. The number of hydrogen-bond acceptors (Lipinski definition) is 2. The maximum atomic E-state index is 12.4. The summed E-state index contributed by atoms with van der Waals surface area (Å²) in [6, 6.07) is 1.86. The molecule has 3 nitrogen and oxygen atoms in total. The monoisotopic (exact) mass is 264 g/mol. The van der Waals surface area contributed by atoms with E-state index in [1.165, 1.54) is 12.8 Å². The number of amides is 1. The van der Waals surface area contributed by atoms with Crippen molar-refractivity contribution in [1.82, 2.24) is 9.80 Å². The van der Waals surface area contributed by atoms with Gasteiger partial charge in [0.05, 0.1) is 0 Å². The van der Waals surface area contributed by atoms with Gasteiger partial charge in [-0.15, -0.1) is 0 Å². The van der Waals surface area contributed by atoms with Gasteiger partial charge in [-0.05, 0) is 46.5 Å². The molecule has 0 unspecified atom stereocenters. The normalized spacial score (nSPS) is 28.9. The second-order valence-corrected chi connectivity index (χ2v) is 6.26. The van der Waals surface area contributed by atoms with Gasteiger partial charge >= 0.3 is 0 Å². The minimum Gasteiger partial charge on any atom is -0.337 e. The molecule has 2 heterocycles. The molecule has 2 aliphatic heterocycles. The first kappa shape index (κ1) is 14.6. The summed E-state index contributed by atoms with van der Waals surface area (Å²) in [5.74, 6) is 0.248. The lowest BCUT2D eigenvalue weighted by Crippen LogP contribution is -2.44. The van der Waals surface area contributed by atoms with Crippen molar-refractivity contribution in [2.24, 2.45) is 0 Å². The summed E-state index contributed by atoms with van der Waals surface area (Å²) in [6.45, 7) is 10.5. The van der Waals surface area contributed by atoms with Crippen LogP contribution in [0.25, 0.3) is 0 Å². The highest BCUT2D eigenvalue weighted by Gasteiger charge is 2.39. The number of hydrogen-bond donors (Lipinski definition) is 0. The van der Waals surface area contributed by atoms with Crippen LogP contribution in [-0.4, -0.2) is 46.9 Å². The van der Waals surface area contributed by atoms with Gasteiger partial charge in [0, 0.05) is 36.8 Å². The summed E-state index contributed by atoms with van der Waals surface area (Å²) >= 11 is 0. The van der Waals surface area contributed by atoms with Crippen molar-refractivity contribution in [3.63, 3.8) is 0 Å². The fourth-order valence-corrected chi connectivity index (χ4v) is 3.78. The van der Waals surface area contributed by atoms with Crippen LogP contribution >= 0.6 is 0 Å². The molecule has 2 aliphatic rings. The molecule has 2 fully saturated rings. The summed E-state index contributed by atoms with van der Waals surface area (Å²) < 4.78 is 0. The summed E-state index contributed by atoms with van der Waals surface area (Å²) in [5, 5.41) is 0. The molecule has 3 heteroatoms. The Balaban J connectivity index is 2.08. The maximum absolute atomic E-state index is 12.4. The molecule has 0 N–H and O–H groups in total. The van der Waals surface area contributed by atoms with Gasteiger partial charge in [-0.3, -0.25) is 9.69 Å². The molecule has 0 radical (unpaired) electrons. The van der Waals surface area contributed by atoms with Crippen molar-refractivity contribution >= 4 is 5.91 Å². The van der Waals surface area contributed by atoms with Crippen LogP contribution in [0.5, 0.6) is 0 Å². The Hall–Kier alpha value is -0.830. The van der Waals surface area contributed by atoms with E-state index in [9.17, 15) is 4.79 Å². The molecule has 0 aromatic rings. The van der Waals surface area contributed by atoms with Gasteiger partial charge in [0.1, 0.15) is 0 Å². The van der Waals surface area contributed by atoms with Gasteiger partial charge in [-0.2, -0.15) is 0 Å². The molecule has 2 atom stereocenters. The topological polar surface area (TPSA) is 23.6 Å². The second kappa shape index (κ2) is 6.08. The van der Waals surface area contributed by atoms with E-state index in [2.05, 4.69) is 30.6 Å². The molecule has 2 bridgehead atoms. The van der Waals surface area contributed by atoms with Crippen LogP contribution in [0, 0.1) is 0 Å². The Morgan fingerprint density at radius 1 is 1.26 bits per heavy atom. The average Bonchev–Trinajstić information content (AvgIpc) is 2.64. The Bertz CT molecular complexity index is 362. The SMILES string of the molecule is CC/C=C(/C)C(=O)N1CC[C@H]2CC[C@H](C1)N2C(C)C. The van der Waals surface area contributed by atoms with Gasteiger partial charge < -0.3 is 4.90 Å². The van der Waals surface area contributed by atoms with Crippen LogP contribution in [0.3, 0.4) is 0 Å². The van der Waals surface area contributed by atoms with Crippen molar-refractivity contribution in [3.8, 4) is 0 Å². The third-order valence-electron chi connectivity index (χ3n) is 4.57. The Labute approximate surface area is 117 Å². The van der Waals surface area contributed by atoms with E-state index in [-0.39, 0.29) is 5.91 Å². The summed E-state index contributed by atoms with van der Waals surface area (Å²) in [6.07, 6.45) is 6.69. The van der Waals surface area contributed by atoms with Crippen molar-refractivity contribution in [2.75, 3.05) is 13.1 Å². The summed E-state index contributed by atoms with van der Waals surface area (Å²) in [4.78, 5) is 17.2. The second-order valence-electron chi connectivity index (χ2n) is 6.26. The van der Waals surface area contributed by atoms with Crippen molar-refractivity contribution < 1.29 is 4.79 Å². The predicted octanol–water partition coefficient (Wildman–Crippen LogP) is 2.82. The van der Waals surface area contributed by atoms with Crippen molar-refractivity contribution in [2.45, 2.75) is 71.5 Å². The number of allylic oxidation sites excluding steroid dienone is 1. The van der Waals surface area contributed by atoms with Crippen LogP contribution in [0.4, 0.5) is 0 Å². The number of carbonyl (C=O) groups is 1. The number of likely N-dealkylation sites (tertiary alicyclic amines) is 1. The highest BCUT2D eigenvalue weighted by molar-refractivity contribution is 5.92. The van der Waals surface area contributed by atoms with Crippen LogP contribution < -0.4 is 0 Å². The van der Waals surface area contributed by atoms with Crippen LogP contribution in [0.1, 0.15) is 53.4 Å². The smallest absolute Gasteiger partial charge is 0.249 e. The van der Waals surface area contributed by atoms with E-state index in [1.54, 1.807) is 0 Å². The fraction of sp³-hybridized carbons (Fsp3) is 0.812. The van der Waals surface area contributed by atoms with Crippen molar-refractivity contribution in [1.29, 1.82) is 0 Å². The molecule has 0 spiro atoms. The third-order valence-corrected chi connectivity index (χ3v) is 4.57. The molecule has 1 amide bonds. The number of carbonyl (C=O) groups excluding carboxylic acids is 1. The van der Waals surface area contributed by atoms with Gasteiger partial charge in [-0.25, -0.2) is 0 Å². The largest absolute Gasteiger partial charge is 0.337 e. The third kappa shape index (κ3) is 3.02. The average molecular weight is 264 g/mol. The van der Waals surface area contributed by atoms with Crippen LogP contribution in [0.15, 0.2) is 11.6 Å². The van der Waals surface area contributed by atoms with Gasteiger partial charge in [0.15, 0.2) is 0 Å². The molecule has 2 saturated heterocycles. The Morgan fingerprint density at radius 3 is 2.58 bits per heavy atom. The van der Waals surface area contributed by atoms with Gasteiger partial charge in [0.25, 0.3) is 0 Å². The highest BCUT2D eigenvalue weighted by Crippen LogP contribution is 2.32. The van der Waals surface area contributed by atoms with E-state index in [0.717, 1.165) is 31.5 Å².